The van der Waals surface area contributed by atoms with Crippen LogP contribution < -0.4 is 9.47 Å². The highest BCUT2D eigenvalue weighted by Crippen LogP contribution is 2.30. The van der Waals surface area contributed by atoms with Crippen LogP contribution in [0.1, 0.15) is 0 Å². The van der Waals surface area contributed by atoms with Gasteiger partial charge in [-0.2, -0.15) is 0 Å². The standard InChI is InChI=1S/C18H18O4S/c1-3-18(19)22-13-12-21-15-6-10-17(11-7-15)23-16-8-4-14(20-2)5-9-16/h3-11H,1,12-13H2,2H3. The fraction of sp³-hybridized carbons (Fsp3) is 0.167. The van der Waals surface area contributed by atoms with Gasteiger partial charge in [0.2, 0.25) is 0 Å². The van der Waals surface area contributed by atoms with Crippen LogP contribution in [0.2, 0.25) is 0 Å². The average Bonchev–Trinajstić information content (AvgIpc) is 2.60. The van der Waals surface area contributed by atoms with Gasteiger partial charge in [-0.05, 0) is 48.5 Å². The summed E-state index contributed by atoms with van der Waals surface area (Å²) in [7, 11) is 1.65. The zero-order valence-corrected chi connectivity index (χ0v) is 13.7. The van der Waals surface area contributed by atoms with E-state index in [1.165, 1.54) is 0 Å². The van der Waals surface area contributed by atoms with Crippen molar-refractivity contribution in [3.63, 3.8) is 0 Å². The van der Waals surface area contributed by atoms with Crippen LogP contribution in [0.25, 0.3) is 0 Å². The van der Waals surface area contributed by atoms with Crippen molar-refractivity contribution in [1.82, 2.24) is 0 Å². The molecule has 0 amide bonds. The van der Waals surface area contributed by atoms with Crippen LogP contribution in [-0.2, 0) is 9.53 Å². The van der Waals surface area contributed by atoms with Gasteiger partial charge in [-0.15, -0.1) is 0 Å². The quantitative estimate of drug-likeness (QED) is 0.416. The molecule has 0 spiro atoms. The van der Waals surface area contributed by atoms with Crippen molar-refractivity contribution in [2.75, 3.05) is 20.3 Å². The first-order chi connectivity index (χ1) is 11.2. The minimum Gasteiger partial charge on any atom is -0.497 e. The van der Waals surface area contributed by atoms with Gasteiger partial charge in [-0.25, -0.2) is 4.79 Å². The molecule has 23 heavy (non-hydrogen) atoms. The molecule has 4 nitrogen and oxygen atoms in total. The van der Waals surface area contributed by atoms with Gasteiger partial charge in [-0.3, -0.25) is 0 Å². The van der Waals surface area contributed by atoms with Gasteiger partial charge in [0.05, 0.1) is 7.11 Å². The first-order valence-corrected chi connectivity index (χ1v) is 7.87. The molecule has 0 saturated carbocycles. The Kier molecular flexibility index (Phi) is 6.56. The summed E-state index contributed by atoms with van der Waals surface area (Å²) in [5.41, 5.74) is 0. The molecule has 2 rings (SSSR count). The van der Waals surface area contributed by atoms with Crippen LogP contribution in [0.4, 0.5) is 0 Å². The third-order valence-corrected chi connectivity index (χ3v) is 3.90. The lowest BCUT2D eigenvalue weighted by Gasteiger charge is -2.07. The second-order valence-corrected chi connectivity index (χ2v) is 5.62. The Balaban J connectivity index is 1.81. The molecule has 0 radical (unpaired) electrons. The van der Waals surface area contributed by atoms with Crippen LogP contribution in [0.15, 0.2) is 71.0 Å². The minimum atomic E-state index is -0.445. The van der Waals surface area contributed by atoms with E-state index in [4.69, 9.17) is 14.2 Å². The van der Waals surface area contributed by atoms with E-state index < -0.39 is 5.97 Å². The highest BCUT2D eigenvalue weighted by Gasteiger charge is 2.00. The van der Waals surface area contributed by atoms with Gasteiger partial charge in [-0.1, -0.05) is 18.3 Å². The molecule has 0 unspecified atom stereocenters. The van der Waals surface area contributed by atoms with E-state index >= 15 is 0 Å². The first-order valence-electron chi connectivity index (χ1n) is 7.05. The fourth-order valence-corrected chi connectivity index (χ4v) is 2.56. The summed E-state index contributed by atoms with van der Waals surface area (Å²) >= 11 is 1.66. The van der Waals surface area contributed by atoms with Crippen LogP contribution >= 0.6 is 11.8 Å². The maximum absolute atomic E-state index is 10.9. The smallest absolute Gasteiger partial charge is 0.330 e. The third kappa shape index (κ3) is 5.71. The Morgan fingerprint density at radius 3 is 2.09 bits per heavy atom. The van der Waals surface area contributed by atoms with E-state index in [1.54, 1.807) is 18.9 Å². The van der Waals surface area contributed by atoms with Crippen molar-refractivity contribution < 1.29 is 19.0 Å². The molecule has 0 N–H and O–H groups in total. The van der Waals surface area contributed by atoms with Gasteiger partial charge in [0, 0.05) is 15.9 Å². The Morgan fingerprint density at radius 1 is 1.00 bits per heavy atom. The van der Waals surface area contributed by atoms with Gasteiger partial charge in [0.15, 0.2) is 0 Å². The van der Waals surface area contributed by atoms with E-state index in [-0.39, 0.29) is 6.61 Å². The molecular formula is C18H18O4S. The number of carbonyl (C=O) groups excluding carboxylic acids is 1. The predicted molar refractivity (Wildman–Crippen MR) is 90.2 cm³/mol. The molecule has 0 saturated heterocycles. The van der Waals surface area contributed by atoms with Crippen molar-refractivity contribution in [1.29, 1.82) is 0 Å². The molecule has 0 heterocycles. The van der Waals surface area contributed by atoms with Crippen molar-refractivity contribution in [3.05, 3.63) is 61.2 Å². The zero-order chi connectivity index (χ0) is 16.5. The molecule has 0 bridgehead atoms. The molecular weight excluding hydrogens is 312 g/mol. The summed E-state index contributed by atoms with van der Waals surface area (Å²) < 4.78 is 15.5. The maximum atomic E-state index is 10.9. The third-order valence-electron chi connectivity index (χ3n) is 2.88. The van der Waals surface area contributed by atoms with Crippen molar-refractivity contribution >= 4 is 17.7 Å². The monoisotopic (exact) mass is 330 g/mol. The number of methoxy groups -OCH3 is 1. The van der Waals surface area contributed by atoms with Crippen molar-refractivity contribution in [2.24, 2.45) is 0 Å². The molecule has 2 aromatic carbocycles. The van der Waals surface area contributed by atoms with Gasteiger partial charge in [0.25, 0.3) is 0 Å². The topological polar surface area (TPSA) is 44.8 Å². The van der Waals surface area contributed by atoms with Crippen LogP contribution in [-0.4, -0.2) is 26.3 Å². The van der Waals surface area contributed by atoms with Gasteiger partial charge < -0.3 is 14.2 Å². The molecule has 0 aromatic heterocycles. The summed E-state index contributed by atoms with van der Waals surface area (Å²) in [5.74, 6) is 1.13. The number of hydrogen-bond acceptors (Lipinski definition) is 5. The molecule has 0 aliphatic carbocycles. The highest BCUT2D eigenvalue weighted by molar-refractivity contribution is 7.99. The molecule has 120 valence electrons. The largest absolute Gasteiger partial charge is 0.497 e. The minimum absolute atomic E-state index is 0.202. The summed E-state index contributed by atoms with van der Waals surface area (Å²) in [5, 5.41) is 0. The molecule has 0 aliphatic rings. The van der Waals surface area contributed by atoms with Crippen LogP contribution in [0.3, 0.4) is 0 Å². The number of carbonyl (C=O) groups is 1. The van der Waals surface area contributed by atoms with E-state index in [9.17, 15) is 4.79 Å². The van der Waals surface area contributed by atoms with E-state index in [0.29, 0.717) is 6.61 Å². The molecule has 2 aromatic rings. The summed E-state index contributed by atoms with van der Waals surface area (Å²) in [6.45, 7) is 3.84. The van der Waals surface area contributed by atoms with Gasteiger partial charge in [0.1, 0.15) is 24.7 Å². The number of ether oxygens (including phenoxy) is 3. The van der Waals surface area contributed by atoms with Crippen LogP contribution in [0, 0.1) is 0 Å². The molecule has 5 heteroatoms. The normalized spacial score (nSPS) is 9.96. The molecule has 0 aliphatic heterocycles. The number of hydrogen-bond donors (Lipinski definition) is 0. The fourth-order valence-electron chi connectivity index (χ4n) is 1.74. The summed E-state index contributed by atoms with van der Waals surface area (Å²) in [6, 6.07) is 15.7. The lowest BCUT2D eigenvalue weighted by Crippen LogP contribution is -2.10. The van der Waals surface area contributed by atoms with E-state index in [1.807, 2.05) is 48.5 Å². The van der Waals surface area contributed by atoms with E-state index in [2.05, 4.69) is 6.58 Å². The molecule has 0 atom stereocenters. The lowest BCUT2D eigenvalue weighted by molar-refractivity contribution is -0.138. The Hall–Kier alpha value is -2.40. The van der Waals surface area contributed by atoms with E-state index in [0.717, 1.165) is 27.4 Å². The number of rotatable bonds is 8. The SMILES string of the molecule is C=CC(=O)OCCOc1ccc(Sc2ccc(OC)cc2)cc1. The number of benzene rings is 2. The first kappa shape index (κ1) is 17.0. The maximum Gasteiger partial charge on any atom is 0.330 e. The van der Waals surface area contributed by atoms with Gasteiger partial charge >= 0.3 is 5.97 Å². The van der Waals surface area contributed by atoms with Crippen LogP contribution in [0.5, 0.6) is 11.5 Å². The Labute approximate surface area is 140 Å². The Bertz CT molecular complexity index is 635. The van der Waals surface area contributed by atoms with Crippen molar-refractivity contribution in [2.45, 2.75) is 9.79 Å². The summed E-state index contributed by atoms with van der Waals surface area (Å²) in [4.78, 5) is 13.1. The lowest BCUT2D eigenvalue weighted by atomic mass is 10.3. The second kappa shape index (κ2) is 8.90. The summed E-state index contributed by atoms with van der Waals surface area (Å²) in [6.07, 6.45) is 1.13. The average molecular weight is 330 g/mol. The Morgan fingerprint density at radius 2 is 1.57 bits per heavy atom. The van der Waals surface area contributed by atoms with Crippen molar-refractivity contribution in [3.8, 4) is 11.5 Å². The molecule has 0 fully saturated rings. The highest BCUT2D eigenvalue weighted by atomic mass is 32.2. The zero-order valence-electron chi connectivity index (χ0n) is 12.9. The second-order valence-electron chi connectivity index (χ2n) is 4.47. The number of esters is 1. The predicted octanol–water partition coefficient (Wildman–Crippen LogP) is 3.95.